The molecule has 0 radical (unpaired) electrons. The number of aliphatic hydroxyl groups excluding tert-OH is 1. The van der Waals surface area contributed by atoms with Crippen LogP contribution in [0, 0.1) is 5.39 Å². The molecule has 23 heavy (non-hydrogen) atoms. The fourth-order valence-electron chi connectivity index (χ4n) is 3.13. The molecule has 128 valence electrons. The Morgan fingerprint density at radius 3 is 2.65 bits per heavy atom. The molecule has 0 atom stereocenters. The average Bonchev–Trinajstić information content (AvgIpc) is 2.58. The predicted octanol–water partition coefficient (Wildman–Crippen LogP) is 1.10. The van der Waals surface area contributed by atoms with E-state index in [1.807, 2.05) is 6.07 Å². The van der Waals surface area contributed by atoms with E-state index in [0.29, 0.717) is 24.9 Å². The molecular weight excluding hydrogens is 314 g/mol. The highest BCUT2D eigenvalue weighted by atomic mass is 35.5. The highest BCUT2D eigenvalue weighted by molar-refractivity contribution is 5.66. The van der Waals surface area contributed by atoms with Crippen LogP contribution in [0.2, 0.25) is 0 Å². The van der Waals surface area contributed by atoms with E-state index in [2.05, 4.69) is 16.8 Å². The molecule has 1 aliphatic rings. The predicted molar refractivity (Wildman–Crippen MR) is 88.3 cm³/mol. The number of ether oxygens (including phenoxy) is 1. The number of hydrogen-bond acceptors (Lipinski definition) is 4. The molecule has 1 N–H and O–H groups in total. The lowest BCUT2D eigenvalue weighted by Gasteiger charge is -2.36. The highest BCUT2D eigenvalue weighted by Gasteiger charge is 2.25. The van der Waals surface area contributed by atoms with Gasteiger partial charge in [0.05, 0.1) is 25.0 Å². The first-order valence-corrected chi connectivity index (χ1v) is 8.29. The Balaban J connectivity index is 0.00000264. The van der Waals surface area contributed by atoms with Crippen molar-refractivity contribution in [1.82, 2.24) is 0 Å². The first-order chi connectivity index (χ1) is 10.8. The summed E-state index contributed by atoms with van der Waals surface area (Å²) in [6, 6.07) is 5.92. The van der Waals surface area contributed by atoms with Gasteiger partial charge in [-0.2, -0.15) is 0 Å². The largest absolute Gasteiger partial charge is 1.00 e. The van der Waals surface area contributed by atoms with Gasteiger partial charge in [-0.15, -0.1) is 0 Å². The second kappa shape index (κ2) is 10.3. The maximum absolute atomic E-state index is 9.46. The van der Waals surface area contributed by atoms with Crippen molar-refractivity contribution in [3.05, 3.63) is 23.2 Å². The van der Waals surface area contributed by atoms with E-state index in [1.54, 1.807) is 12.1 Å². The number of halogens is 1. The number of aliphatic hydroxyl groups is 1. The van der Waals surface area contributed by atoms with Gasteiger partial charge in [0, 0.05) is 18.7 Å². The van der Waals surface area contributed by atoms with E-state index in [-0.39, 0.29) is 19.0 Å². The maximum Gasteiger partial charge on any atom is 0.388 e. The average molecular weight is 340 g/mol. The van der Waals surface area contributed by atoms with Crippen LogP contribution in [-0.2, 0) is 0 Å². The first-order valence-electron chi connectivity index (χ1n) is 8.29. The van der Waals surface area contributed by atoms with Crippen molar-refractivity contribution < 1.29 is 22.3 Å². The summed E-state index contributed by atoms with van der Waals surface area (Å²) in [5.41, 5.74) is 1.48. The number of hydrogen-bond donors (Lipinski definition) is 1. The Labute approximate surface area is 144 Å². The number of rotatable bonds is 7. The standard InChI is InChI=1S/C17H26N3O2.ClH/c1-2-12-22-17-13-14(19-18)8-9-16(17)20(10-11-21)15-6-4-3-5-7-15;/h8-9,13,15,21H,2-7,10-12H2,1H3;1H/q+1;/p-1. The third-order valence-corrected chi connectivity index (χ3v) is 4.19. The van der Waals surface area contributed by atoms with Gasteiger partial charge in [0.2, 0.25) is 5.39 Å². The lowest BCUT2D eigenvalue weighted by Crippen LogP contribution is -3.00. The van der Waals surface area contributed by atoms with E-state index in [1.165, 1.54) is 19.3 Å². The Bertz CT molecular complexity index is 513. The van der Waals surface area contributed by atoms with E-state index >= 15 is 0 Å². The quantitative estimate of drug-likeness (QED) is 0.756. The molecule has 0 bridgehead atoms. The van der Waals surface area contributed by atoms with Gasteiger partial charge in [0.1, 0.15) is 0 Å². The molecule has 0 amide bonds. The summed E-state index contributed by atoms with van der Waals surface area (Å²) in [6.07, 6.45) is 7.00. The van der Waals surface area contributed by atoms with E-state index in [9.17, 15) is 5.11 Å². The van der Waals surface area contributed by atoms with Crippen LogP contribution in [0.1, 0.15) is 45.4 Å². The van der Waals surface area contributed by atoms with Crippen molar-refractivity contribution in [2.75, 3.05) is 24.7 Å². The summed E-state index contributed by atoms with van der Waals surface area (Å²) >= 11 is 0. The van der Waals surface area contributed by atoms with Gasteiger partial charge in [0.25, 0.3) is 0 Å². The van der Waals surface area contributed by atoms with Crippen molar-refractivity contribution in [3.63, 3.8) is 0 Å². The lowest BCUT2D eigenvalue weighted by molar-refractivity contribution is -0.00000632. The van der Waals surface area contributed by atoms with E-state index < -0.39 is 0 Å². The minimum atomic E-state index is 0. The molecule has 1 aromatic rings. The summed E-state index contributed by atoms with van der Waals surface area (Å²) in [4.78, 5) is 5.51. The van der Waals surface area contributed by atoms with Crippen molar-refractivity contribution in [2.45, 2.75) is 51.5 Å². The molecule has 1 saturated carbocycles. The summed E-state index contributed by atoms with van der Waals surface area (Å²) in [5, 5.41) is 18.4. The molecular formula is C17H26ClN3O2. The van der Waals surface area contributed by atoms with Crippen LogP contribution in [0.15, 0.2) is 18.2 Å². The van der Waals surface area contributed by atoms with Crippen molar-refractivity contribution in [1.29, 1.82) is 5.39 Å². The fraction of sp³-hybridized carbons (Fsp3) is 0.647. The number of anilines is 1. The maximum atomic E-state index is 9.46. The third kappa shape index (κ3) is 5.26. The Morgan fingerprint density at radius 2 is 2.04 bits per heavy atom. The Kier molecular flexibility index (Phi) is 8.75. The van der Waals surface area contributed by atoms with Gasteiger partial charge in [-0.25, -0.2) is 0 Å². The summed E-state index contributed by atoms with van der Waals surface area (Å²) < 4.78 is 5.85. The van der Waals surface area contributed by atoms with E-state index in [4.69, 9.17) is 10.1 Å². The SMILES string of the molecule is CCCOc1cc([N+]#N)ccc1N(CCO)C1CCCCC1.[Cl-]. The summed E-state index contributed by atoms with van der Waals surface area (Å²) in [5.74, 6) is 0.733. The molecule has 1 fully saturated rings. The molecule has 6 heteroatoms. The normalized spacial score (nSPS) is 14.7. The summed E-state index contributed by atoms with van der Waals surface area (Å²) in [6.45, 7) is 3.41. The first kappa shape index (κ1) is 19.5. The Hall–Kier alpha value is -1.51. The topological polar surface area (TPSA) is 60.8 Å². The molecule has 5 nitrogen and oxygen atoms in total. The Morgan fingerprint density at radius 1 is 1.30 bits per heavy atom. The van der Waals surface area contributed by atoms with Crippen LogP contribution in [-0.4, -0.2) is 30.9 Å². The minimum Gasteiger partial charge on any atom is -1.00 e. The van der Waals surface area contributed by atoms with Crippen LogP contribution >= 0.6 is 0 Å². The zero-order valence-electron chi connectivity index (χ0n) is 13.7. The molecule has 0 spiro atoms. The number of nitrogens with zero attached hydrogens (tertiary/aromatic N) is 3. The molecule has 1 aliphatic carbocycles. The lowest BCUT2D eigenvalue weighted by atomic mass is 9.93. The zero-order chi connectivity index (χ0) is 15.8. The van der Waals surface area contributed by atoms with Gasteiger partial charge in [0.15, 0.2) is 10.7 Å². The number of diazo groups is 1. The monoisotopic (exact) mass is 339 g/mol. The number of benzene rings is 1. The minimum absolute atomic E-state index is 0. The van der Waals surface area contributed by atoms with Crippen LogP contribution < -0.4 is 22.0 Å². The third-order valence-electron chi connectivity index (χ3n) is 4.19. The van der Waals surface area contributed by atoms with Crippen molar-refractivity contribution in [3.8, 4) is 5.75 Å². The fourth-order valence-corrected chi connectivity index (χ4v) is 3.13. The smallest absolute Gasteiger partial charge is 0.388 e. The molecule has 0 saturated heterocycles. The molecule has 0 heterocycles. The molecule has 0 unspecified atom stereocenters. The van der Waals surface area contributed by atoms with Gasteiger partial charge in [-0.05, 0) is 25.3 Å². The second-order valence-corrected chi connectivity index (χ2v) is 5.81. The van der Waals surface area contributed by atoms with Crippen molar-refractivity contribution in [2.24, 2.45) is 0 Å². The summed E-state index contributed by atoms with van der Waals surface area (Å²) in [7, 11) is 0. The van der Waals surface area contributed by atoms with Crippen LogP contribution in [0.25, 0.3) is 4.98 Å². The highest BCUT2D eigenvalue weighted by Crippen LogP contribution is 2.36. The van der Waals surface area contributed by atoms with Gasteiger partial charge < -0.3 is 27.2 Å². The van der Waals surface area contributed by atoms with E-state index in [0.717, 1.165) is 30.7 Å². The zero-order valence-corrected chi connectivity index (χ0v) is 14.5. The molecule has 2 rings (SSSR count). The molecule has 0 aliphatic heterocycles. The molecule has 0 aromatic heterocycles. The van der Waals surface area contributed by atoms with Crippen LogP contribution in [0.4, 0.5) is 11.4 Å². The van der Waals surface area contributed by atoms with Gasteiger partial charge >= 0.3 is 5.69 Å². The molecule has 1 aromatic carbocycles. The van der Waals surface area contributed by atoms with Crippen LogP contribution in [0.3, 0.4) is 0 Å². The van der Waals surface area contributed by atoms with Gasteiger partial charge in [-0.3, -0.25) is 0 Å². The van der Waals surface area contributed by atoms with Crippen LogP contribution in [0.5, 0.6) is 5.75 Å². The van der Waals surface area contributed by atoms with Gasteiger partial charge in [-0.1, -0.05) is 26.2 Å². The van der Waals surface area contributed by atoms with Crippen molar-refractivity contribution >= 4 is 11.4 Å². The second-order valence-electron chi connectivity index (χ2n) is 5.81.